The van der Waals surface area contributed by atoms with Crippen LogP contribution in [-0.4, -0.2) is 8.42 Å². The van der Waals surface area contributed by atoms with Crippen molar-refractivity contribution >= 4 is 21.8 Å². The summed E-state index contributed by atoms with van der Waals surface area (Å²) >= 11 is 1.29. The van der Waals surface area contributed by atoms with Crippen LogP contribution in [0.2, 0.25) is 0 Å². The predicted molar refractivity (Wildman–Crippen MR) is 98.8 cm³/mol. The number of nitrogens with two attached hydrogens (primary N) is 1. The van der Waals surface area contributed by atoms with Gasteiger partial charge in [-0.3, -0.25) is 0 Å². The van der Waals surface area contributed by atoms with Crippen molar-refractivity contribution in [2.45, 2.75) is 20.9 Å². The van der Waals surface area contributed by atoms with Gasteiger partial charge < -0.3 is 0 Å². The Labute approximate surface area is 159 Å². The van der Waals surface area contributed by atoms with Gasteiger partial charge in [0, 0.05) is 9.79 Å². The Hall–Kier alpha value is -2.29. The molecule has 0 aliphatic carbocycles. The average Bonchev–Trinajstić information content (AvgIpc) is 2.61. The molecule has 0 spiro atoms. The summed E-state index contributed by atoms with van der Waals surface area (Å²) in [5, 5.41) is 5.19. The summed E-state index contributed by atoms with van der Waals surface area (Å²) in [6.07, 6.45) is -4.38. The molecule has 0 unspecified atom stereocenters. The Morgan fingerprint density at radius 3 is 2.15 bits per heavy atom. The van der Waals surface area contributed by atoms with Gasteiger partial charge in [-0.05, 0) is 53.6 Å². The van der Waals surface area contributed by atoms with Crippen molar-refractivity contribution in [1.82, 2.24) is 0 Å². The van der Waals surface area contributed by atoms with Crippen LogP contribution < -0.4 is 5.14 Å². The van der Waals surface area contributed by atoms with E-state index in [9.17, 15) is 21.6 Å². The number of benzene rings is 3. The molecule has 8 heteroatoms. The zero-order valence-corrected chi connectivity index (χ0v) is 15.4. The molecule has 3 aromatic carbocycles. The highest BCUT2D eigenvalue weighted by molar-refractivity contribution is 7.99. The van der Waals surface area contributed by atoms with E-state index in [0.29, 0.717) is 10.5 Å². The van der Waals surface area contributed by atoms with Crippen LogP contribution in [0.5, 0.6) is 0 Å². The lowest BCUT2D eigenvalue weighted by Crippen LogP contribution is -2.11. The molecule has 27 heavy (non-hydrogen) atoms. The van der Waals surface area contributed by atoms with Crippen LogP contribution in [0.4, 0.5) is 13.2 Å². The molecule has 0 aliphatic heterocycles. The van der Waals surface area contributed by atoms with Crippen LogP contribution in [0.3, 0.4) is 0 Å². The fraction of sp³-hybridized carbons (Fsp3) is 0.0526. The standard InChI is InChI=1S/C19H14F3NO2S2/c20-19(21,22)14-8-10-15(11-9-14)26-18-7-2-1-6-17(18)13-4-3-5-16(12-13)27(23,24)25/h1-12H,(H2,23,24,25). The number of hydrogen-bond acceptors (Lipinski definition) is 3. The molecule has 0 radical (unpaired) electrons. The highest BCUT2D eigenvalue weighted by atomic mass is 32.2. The van der Waals surface area contributed by atoms with E-state index >= 15 is 0 Å². The second-order valence-electron chi connectivity index (χ2n) is 5.69. The smallest absolute Gasteiger partial charge is 0.225 e. The molecule has 3 aromatic rings. The van der Waals surface area contributed by atoms with Crippen LogP contribution >= 0.6 is 11.8 Å². The molecule has 0 bridgehead atoms. The van der Waals surface area contributed by atoms with Gasteiger partial charge in [0.1, 0.15) is 0 Å². The minimum Gasteiger partial charge on any atom is -0.225 e. The third kappa shape index (κ3) is 4.71. The zero-order chi connectivity index (χ0) is 19.7. The highest BCUT2D eigenvalue weighted by Crippen LogP contribution is 2.37. The van der Waals surface area contributed by atoms with Gasteiger partial charge in [0.15, 0.2) is 0 Å². The monoisotopic (exact) mass is 409 g/mol. The molecule has 0 atom stereocenters. The number of sulfonamides is 1. The topological polar surface area (TPSA) is 60.2 Å². The number of halogens is 3. The minimum atomic E-state index is -4.38. The fourth-order valence-corrected chi connectivity index (χ4v) is 4.00. The van der Waals surface area contributed by atoms with E-state index in [0.717, 1.165) is 22.6 Å². The maximum absolute atomic E-state index is 12.7. The summed E-state index contributed by atoms with van der Waals surface area (Å²) in [5.74, 6) is 0. The third-order valence-corrected chi connectivity index (χ3v) is 5.76. The summed E-state index contributed by atoms with van der Waals surface area (Å²) < 4.78 is 61.3. The first-order valence-electron chi connectivity index (χ1n) is 7.72. The number of rotatable bonds is 4. The molecular weight excluding hydrogens is 395 g/mol. The molecular formula is C19H14F3NO2S2. The highest BCUT2D eigenvalue weighted by Gasteiger charge is 2.30. The van der Waals surface area contributed by atoms with Crippen molar-refractivity contribution in [3.63, 3.8) is 0 Å². The summed E-state index contributed by atoms with van der Waals surface area (Å²) in [4.78, 5) is 1.41. The van der Waals surface area contributed by atoms with Crippen LogP contribution in [0.15, 0.2) is 87.5 Å². The van der Waals surface area contributed by atoms with E-state index < -0.39 is 21.8 Å². The number of alkyl halides is 3. The van der Waals surface area contributed by atoms with Crippen molar-refractivity contribution < 1.29 is 21.6 Å². The van der Waals surface area contributed by atoms with E-state index in [4.69, 9.17) is 5.14 Å². The fourth-order valence-electron chi connectivity index (χ4n) is 2.47. The molecule has 0 heterocycles. The molecule has 3 nitrogen and oxygen atoms in total. The molecule has 0 fully saturated rings. The predicted octanol–water partition coefficient (Wildman–Crippen LogP) is 5.17. The molecule has 0 aliphatic rings. The maximum atomic E-state index is 12.7. The van der Waals surface area contributed by atoms with Gasteiger partial charge in [0.2, 0.25) is 10.0 Å². The first-order valence-corrected chi connectivity index (χ1v) is 10.1. The number of primary sulfonamides is 1. The lowest BCUT2D eigenvalue weighted by Gasteiger charge is -2.11. The Morgan fingerprint density at radius 2 is 1.52 bits per heavy atom. The lowest BCUT2D eigenvalue weighted by molar-refractivity contribution is -0.137. The normalized spacial score (nSPS) is 12.1. The Bertz CT molecular complexity index is 1060. The molecule has 3 rings (SSSR count). The minimum absolute atomic E-state index is 0.00525. The zero-order valence-electron chi connectivity index (χ0n) is 13.8. The van der Waals surface area contributed by atoms with E-state index in [1.54, 1.807) is 24.3 Å². The largest absolute Gasteiger partial charge is 0.416 e. The Balaban J connectivity index is 1.96. The first-order chi connectivity index (χ1) is 12.6. The van der Waals surface area contributed by atoms with Gasteiger partial charge >= 0.3 is 6.18 Å². The molecule has 140 valence electrons. The summed E-state index contributed by atoms with van der Waals surface area (Å²) in [6.45, 7) is 0. The van der Waals surface area contributed by atoms with Gasteiger partial charge in [-0.1, -0.05) is 42.1 Å². The summed E-state index contributed by atoms with van der Waals surface area (Å²) in [6, 6.07) is 18.3. The van der Waals surface area contributed by atoms with Crippen molar-refractivity contribution in [3.8, 4) is 11.1 Å². The van der Waals surface area contributed by atoms with Gasteiger partial charge in [-0.15, -0.1) is 0 Å². The third-order valence-electron chi connectivity index (χ3n) is 3.77. The van der Waals surface area contributed by atoms with Crippen molar-refractivity contribution in [1.29, 1.82) is 0 Å². The van der Waals surface area contributed by atoms with Crippen LogP contribution in [0.1, 0.15) is 5.56 Å². The first kappa shape index (κ1) is 19.5. The van der Waals surface area contributed by atoms with Crippen molar-refractivity contribution in [2.75, 3.05) is 0 Å². The summed E-state index contributed by atoms with van der Waals surface area (Å²) in [5.41, 5.74) is 0.699. The second-order valence-corrected chi connectivity index (χ2v) is 8.37. The SMILES string of the molecule is NS(=O)(=O)c1cccc(-c2ccccc2Sc2ccc(C(F)(F)F)cc2)c1. The van der Waals surface area contributed by atoms with Gasteiger partial charge in [0.05, 0.1) is 10.5 Å². The van der Waals surface area contributed by atoms with Gasteiger partial charge in [0.25, 0.3) is 0 Å². The average molecular weight is 409 g/mol. The Kier molecular flexibility index (Phi) is 5.32. The molecule has 0 saturated carbocycles. The van der Waals surface area contributed by atoms with E-state index in [2.05, 4.69) is 0 Å². The quantitative estimate of drug-likeness (QED) is 0.647. The maximum Gasteiger partial charge on any atom is 0.416 e. The summed E-state index contributed by atoms with van der Waals surface area (Å²) in [7, 11) is -3.84. The molecule has 0 amide bonds. The number of hydrogen-bond donors (Lipinski definition) is 1. The van der Waals surface area contributed by atoms with E-state index in [1.807, 2.05) is 12.1 Å². The van der Waals surface area contributed by atoms with Crippen molar-refractivity contribution in [2.24, 2.45) is 5.14 Å². The van der Waals surface area contributed by atoms with E-state index in [1.165, 1.54) is 36.0 Å². The van der Waals surface area contributed by atoms with Crippen LogP contribution in [-0.2, 0) is 16.2 Å². The van der Waals surface area contributed by atoms with Gasteiger partial charge in [-0.25, -0.2) is 13.6 Å². The molecule has 0 aromatic heterocycles. The lowest BCUT2D eigenvalue weighted by atomic mass is 10.1. The van der Waals surface area contributed by atoms with Crippen LogP contribution in [0.25, 0.3) is 11.1 Å². The molecule has 2 N–H and O–H groups in total. The van der Waals surface area contributed by atoms with E-state index in [-0.39, 0.29) is 4.90 Å². The second kappa shape index (κ2) is 7.38. The van der Waals surface area contributed by atoms with Crippen molar-refractivity contribution in [3.05, 3.63) is 78.4 Å². The Morgan fingerprint density at radius 1 is 0.852 bits per heavy atom. The molecule has 0 saturated heterocycles. The van der Waals surface area contributed by atoms with Crippen LogP contribution in [0, 0.1) is 0 Å². The van der Waals surface area contributed by atoms with Gasteiger partial charge in [-0.2, -0.15) is 13.2 Å².